The van der Waals surface area contributed by atoms with Gasteiger partial charge in [0, 0.05) is 5.41 Å². The Morgan fingerprint density at radius 1 is 0.696 bits per heavy atom. The third-order valence-electron chi connectivity index (χ3n) is 5.46. The van der Waals surface area contributed by atoms with Crippen LogP contribution in [0.3, 0.4) is 0 Å². The van der Waals surface area contributed by atoms with Gasteiger partial charge in [0.05, 0.1) is 0 Å². The van der Waals surface area contributed by atoms with Crippen molar-refractivity contribution in [2.24, 2.45) is 0 Å². The zero-order valence-electron chi connectivity index (χ0n) is 13.4. The minimum absolute atomic E-state index is 0.240. The Labute approximate surface area is 138 Å². The van der Waals surface area contributed by atoms with Gasteiger partial charge in [0.25, 0.3) is 0 Å². The molecule has 2 unspecified atom stereocenters. The number of hydrogen-bond acceptors (Lipinski definition) is 0. The van der Waals surface area contributed by atoms with Crippen molar-refractivity contribution in [2.45, 2.75) is 30.6 Å². The fourth-order valence-electron chi connectivity index (χ4n) is 4.20. The molecule has 0 amide bonds. The van der Waals surface area contributed by atoms with E-state index in [0.29, 0.717) is 5.92 Å². The van der Waals surface area contributed by atoms with E-state index in [0.717, 1.165) is 6.42 Å². The molecule has 1 fully saturated rings. The third-order valence-corrected chi connectivity index (χ3v) is 5.46. The average Bonchev–Trinajstić information content (AvgIpc) is 2.61. The van der Waals surface area contributed by atoms with Gasteiger partial charge < -0.3 is 0 Å². The first kappa shape index (κ1) is 14.3. The largest absolute Gasteiger partial charge is 0.0622 e. The first-order chi connectivity index (χ1) is 11.4. The summed E-state index contributed by atoms with van der Waals surface area (Å²) in [6.07, 6.45) is 3.68. The summed E-state index contributed by atoms with van der Waals surface area (Å²) in [6, 6.07) is 33.1. The average molecular weight is 298 g/mol. The lowest BCUT2D eigenvalue weighted by Crippen LogP contribution is -2.44. The quantitative estimate of drug-likeness (QED) is 0.575. The van der Waals surface area contributed by atoms with Gasteiger partial charge in [-0.05, 0) is 41.9 Å². The van der Waals surface area contributed by atoms with Crippen molar-refractivity contribution in [1.82, 2.24) is 0 Å². The van der Waals surface area contributed by atoms with Crippen LogP contribution in [-0.2, 0) is 11.8 Å². The monoisotopic (exact) mass is 298 g/mol. The molecule has 1 aliphatic rings. The molecule has 0 bridgehead atoms. The predicted molar refractivity (Wildman–Crippen MR) is 96.7 cm³/mol. The van der Waals surface area contributed by atoms with Crippen LogP contribution in [0.4, 0.5) is 0 Å². The highest BCUT2D eigenvalue weighted by Crippen LogP contribution is 2.56. The zero-order chi connectivity index (χ0) is 15.5. The lowest BCUT2D eigenvalue weighted by Gasteiger charge is -2.51. The minimum Gasteiger partial charge on any atom is -0.0622 e. The summed E-state index contributed by atoms with van der Waals surface area (Å²) < 4.78 is 0. The molecule has 1 aliphatic carbocycles. The van der Waals surface area contributed by atoms with Gasteiger partial charge in [0.15, 0.2) is 0 Å². The molecule has 114 valence electrons. The Hall–Kier alpha value is -2.34. The van der Waals surface area contributed by atoms with Gasteiger partial charge in [-0.3, -0.25) is 0 Å². The highest BCUT2D eigenvalue weighted by molar-refractivity contribution is 5.40. The highest BCUT2D eigenvalue weighted by atomic mass is 14.5. The Kier molecular flexibility index (Phi) is 3.75. The van der Waals surface area contributed by atoms with Crippen LogP contribution in [0, 0.1) is 0 Å². The summed E-state index contributed by atoms with van der Waals surface area (Å²) in [7, 11) is 0. The van der Waals surface area contributed by atoms with Crippen LogP contribution in [0.2, 0.25) is 0 Å². The normalized spacial score (nSPS) is 23.2. The molecule has 0 spiro atoms. The number of hydrogen-bond donors (Lipinski definition) is 0. The minimum atomic E-state index is 0.240. The van der Waals surface area contributed by atoms with Crippen LogP contribution in [-0.4, -0.2) is 0 Å². The summed E-state index contributed by atoms with van der Waals surface area (Å²) in [5, 5.41) is 0. The van der Waals surface area contributed by atoms with Crippen LogP contribution in [0.15, 0.2) is 91.0 Å². The first-order valence-corrected chi connectivity index (χ1v) is 8.53. The van der Waals surface area contributed by atoms with Crippen LogP contribution in [0.25, 0.3) is 0 Å². The lowest BCUT2D eigenvalue weighted by atomic mass is 9.52. The van der Waals surface area contributed by atoms with Crippen LogP contribution < -0.4 is 0 Å². The van der Waals surface area contributed by atoms with E-state index in [-0.39, 0.29) is 5.41 Å². The van der Waals surface area contributed by atoms with Gasteiger partial charge >= 0.3 is 0 Å². The SMILES string of the molecule is c1ccc(CC2(c3ccccc3)CCC2c2ccccc2)cc1. The van der Waals surface area contributed by atoms with Crippen molar-refractivity contribution in [2.75, 3.05) is 0 Å². The van der Waals surface area contributed by atoms with Crippen molar-refractivity contribution in [1.29, 1.82) is 0 Å². The Bertz CT molecular complexity index is 746. The maximum absolute atomic E-state index is 2.32. The van der Waals surface area contributed by atoms with Gasteiger partial charge in [-0.1, -0.05) is 91.0 Å². The highest BCUT2D eigenvalue weighted by Gasteiger charge is 2.48. The van der Waals surface area contributed by atoms with E-state index < -0.39 is 0 Å². The summed E-state index contributed by atoms with van der Waals surface area (Å²) in [6.45, 7) is 0. The second-order valence-corrected chi connectivity index (χ2v) is 6.69. The Morgan fingerprint density at radius 3 is 1.83 bits per heavy atom. The summed E-state index contributed by atoms with van der Waals surface area (Å²) in [5.41, 5.74) is 4.66. The molecule has 3 aromatic rings. The molecule has 0 N–H and O–H groups in total. The van der Waals surface area contributed by atoms with E-state index in [1.807, 2.05) is 0 Å². The van der Waals surface area contributed by atoms with Crippen LogP contribution >= 0.6 is 0 Å². The zero-order valence-corrected chi connectivity index (χ0v) is 13.4. The van der Waals surface area contributed by atoms with Gasteiger partial charge in [0.2, 0.25) is 0 Å². The molecule has 23 heavy (non-hydrogen) atoms. The molecule has 0 heterocycles. The molecule has 1 saturated carbocycles. The van der Waals surface area contributed by atoms with E-state index in [1.54, 1.807) is 0 Å². The summed E-state index contributed by atoms with van der Waals surface area (Å²) >= 11 is 0. The van der Waals surface area contributed by atoms with Gasteiger partial charge in [-0.15, -0.1) is 0 Å². The molecule has 2 atom stereocenters. The molecule has 0 aliphatic heterocycles. The molecule has 0 aromatic heterocycles. The van der Waals surface area contributed by atoms with E-state index in [1.165, 1.54) is 29.5 Å². The fourth-order valence-corrected chi connectivity index (χ4v) is 4.20. The molecule has 0 radical (unpaired) electrons. The second kappa shape index (κ2) is 6.04. The lowest BCUT2D eigenvalue weighted by molar-refractivity contribution is 0.188. The molecule has 3 aromatic carbocycles. The van der Waals surface area contributed by atoms with E-state index >= 15 is 0 Å². The van der Waals surface area contributed by atoms with Crippen LogP contribution in [0.5, 0.6) is 0 Å². The van der Waals surface area contributed by atoms with E-state index in [9.17, 15) is 0 Å². The van der Waals surface area contributed by atoms with Gasteiger partial charge in [0.1, 0.15) is 0 Å². The molecule has 4 rings (SSSR count). The molecule has 0 nitrogen and oxygen atoms in total. The predicted octanol–water partition coefficient (Wildman–Crippen LogP) is 5.74. The topological polar surface area (TPSA) is 0 Å². The summed E-state index contributed by atoms with van der Waals surface area (Å²) in [5.74, 6) is 0.617. The first-order valence-electron chi connectivity index (χ1n) is 8.53. The fraction of sp³-hybridized carbons (Fsp3) is 0.217. The molecular formula is C23H22. The number of rotatable bonds is 4. The van der Waals surface area contributed by atoms with Gasteiger partial charge in [-0.25, -0.2) is 0 Å². The third kappa shape index (κ3) is 2.59. The maximum atomic E-state index is 2.32. The smallest absolute Gasteiger partial charge is 0.00621 e. The van der Waals surface area contributed by atoms with Gasteiger partial charge in [-0.2, -0.15) is 0 Å². The van der Waals surface area contributed by atoms with Crippen molar-refractivity contribution < 1.29 is 0 Å². The van der Waals surface area contributed by atoms with Crippen molar-refractivity contribution in [3.8, 4) is 0 Å². The molecule has 0 heteroatoms. The Morgan fingerprint density at radius 2 is 1.26 bits per heavy atom. The molecular weight excluding hydrogens is 276 g/mol. The van der Waals surface area contributed by atoms with E-state index in [4.69, 9.17) is 0 Å². The van der Waals surface area contributed by atoms with Crippen molar-refractivity contribution >= 4 is 0 Å². The summed E-state index contributed by atoms with van der Waals surface area (Å²) in [4.78, 5) is 0. The van der Waals surface area contributed by atoms with Crippen molar-refractivity contribution in [3.05, 3.63) is 108 Å². The number of benzene rings is 3. The maximum Gasteiger partial charge on any atom is 0.00621 e. The van der Waals surface area contributed by atoms with Crippen LogP contribution in [0.1, 0.15) is 35.4 Å². The van der Waals surface area contributed by atoms with Crippen molar-refractivity contribution in [3.63, 3.8) is 0 Å². The second-order valence-electron chi connectivity index (χ2n) is 6.69. The standard InChI is InChI=1S/C23H22/c1-4-10-19(11-5-1)18-23(21-14-8-3-9-15-21)17-16-22(23)20-12-6-2-7-13-20/h1-15,22H,16-18H2. The molecule has 0 saturated heterocycles. The Balaban J connectivity index is 1.76. The van der Waals surface area contributed by atoms with E-state index in [2.05, 4.69) is 91.0 Å².